The Labute approximate surface area is 211 Å². The Morgan fingerprint density at radius 1 is 0.917 bits per heavy atom. The van der Waals surface area contributed by atoms with Gasteiger partial charge in [-0.25, -0.2) is 13.1 Å². The van der Waals surface area contributed by atoms with E-state index in [4.69, 9.17) is 0 Å². The first kappa shape index (κ1) is 26.7. The van der Waals surface area contributed by atoms with Crippen LogP contribution in [0.5, 0.6) is 0 Å². The number of nitrogens with zero attached hydrogens (tertiary/aromatic N) is 1. The minimum absolute atomic E-state index is 0.0794. The van der Waals surface area contributed by atoms with Crippen LogP contribution in [-0.2, 0) is 34.0 Å². The largest absolute Gasteiger partial charge is 0.416 e. The first-order valence-electron chi connectivity index (χ1n) is 12.3. The van der Waals surface area contributed by atoms with Crippen LogP contribution in [0.15, 0.2) is 53.4 Å². The number of hydrogen-bond donors (Lipinski definition) is 1. The van der Waals surface area contributed by atoms with Gasteiger partial charge in [0.1, 0.15) is 0 Å². The Bertz CT molecular complexity index is 1200. The average molecular weight is 523 g/mol. The van der Waals surface area contributed by atoms with Crippen LogP contribution < -0.4 is 4.72 Å². The molecule has 1 amide bonds. The van der Waals surface area contributed by atoms with Gasteiger partial charge in [0.05, 0.1) is 10.5 Å². The van der Waals surface area contributed by atoms with E-state index in [2.05, 4.69) is 37.6 Å². The van der Waals surface area contributed by atoms with E-state index in [1.807, 2.05) is 17.0 Å². The molecule has 0 saturated heterocycles. The summed E-state index contributed by atoms with van der Waals surface area (Å²) in [6, 6.07) is 11.4. The molecule has 9 heteroatoms. The van der Waals surface area contributed by atoms with Crippen molar-refractivity contribution in [3.05, 3.63) is 65.2 Å². The lowest BCUT2D eigenvalue weighted by atomic mass is 9.77. The molecule has 2 aromatic carbocycles. The van der Waals surface area contributed by atoms with Crippen molar-refractivity contribution >= 4 is 15.9 Å². The Morgan fingerprint density at radius 2 is 1.50 bits per heavy atom. The van der Waals surface area contributed by atoms with Gasteiger partial charge in [-0.3, -0.25) is 4.79 Å². The summed E-state index contributed by atoms with van der Waals surface area (Å²) in [7, 11) is -3.95. The number of sulfonamides is 1. The highest BCUT2D eigenvalue weighted by Gasteiger charge is 2.40. The summed E-state index contributed by atoms with van der Waals surface area (Å²) in [6.45, 7) is 7.04. The highest BCUT2D eigenvalue weighted by Crippen LogP contribution is 2.37. The van der Waals surface area contributed by atoms with Gasteiger partial charge in [-0.1, -0.05) is 45.0 Å². The summed E-state index contributed by atoms with van der Waals surface area (Å²) in [5.41, 5.74) is 1.47. The van der Waals surface area contributed by atoms with Crippen LogP contribution in [0.25, 0.3) is 0 Å². The third-order valence-corrected chi connectivity index (χ3v) is 8.96. The molecule has 0 spiro atoms. The van der Waals surface area contributed by atoms with Crippen LogP contribution in [0.2, 0.25) is 0 Å². The molecule has 0 bridgehead atoms. The van der Waals surface area contributed by atoms with Gasteiger partial charge in [0.15, 0.2) is 0 Å². The lowest BCUT2D eigenvalue weighted by Crippen LogP contribution is -2.53. The fourth-order valence-electron chi connectivity index (χ4n) is 5.33. The topological polar surface area (TPSA) is 66.5 Å². The number of hydrogen-bond acceptors (Lipinski definition) is 3. The SMILES string of the molecule is CC(C)(C)C1Cc2ccccc2CN1C(=O)[C@H]1CC[C@H](NS(=O)(=O)c2ccc(C(F)(F)F)cc2)CC1. The first-order chi connectivity index (χ1) is 16.8. The summed E-state index contributed by atoms with van der Waals surface area (Å²) >= 11 is 0. The predicted octanol–water partition coefficient (Wildman–Crippen LogP) is 5.54. The van der Waals surface area contributed by atoms with Crippen molar-refractivity contribution in [3.8, 4) is 0 Å². The molecule has 1 N–H and O–H groups in total. The van der Waals surface area contributed by atoms with E-state index in [0.717, 1.165) is 30.7 Å². The number of halogens is 3. The number of nitrogens with one attached hydrogen (secondary N) is 1. The van der Waals surface area contributed by atoms with E-state index in [-0.39, 0.29) is 34.2 Å². The quantitative estimate of drug-likeness (QED) is 0.573. The van der Waals surface area contributed by atoms with E-state index in [1.54, 1.807) is 0 Å². The standard InChI is InChI=1S/C27H33F3N2O3S/c1-26(2,3)24-16-19-6-4-5-7-20(19)17-32(24)25(33)18-8-12-22(13-9-18)31-36(34,35)23-14-10-21(11-15-23)27(28,29)30/h4-7,10-11,14-15,18,22,24,31H,8-9,12-13,16-17H2,1-3H3/t18-,22-,24?. The molecule has 196 valence electrons. The van der Waals surface area contributed by atoms with Crippen molar-refractivity contribution in [3.63, 3.8) is 0 Å². The molecular weight excluding hydrogens is 489 g/mol. The number of carbonyl (C=O) groups is 1. The molecule has 1 saturated carbocycles. The molecule has 4 rings (SSSR count). The second-order valence-corrected chi connectivity index (χ2v) is 12.7. The predicted molar refractivity (Wildman–Crippen MR) is 131 cm³/mol. The fourth-order valence-corrected chi connectivity index (χ4v) is 6.64. The number of rotatable bonds is 4. The van der Waals surface area contributed by atoms with E-state index in [0.29, 0.717) is 32.2 Å². The van der Waals surface area contributed by atoms with E-state index in [1.165, 1.54) is 11.1 Å². The molecule has 1 unspecified atom stereocenters. The summed E-state index contributed by atoms with van der Waals surface area (Å²) < 4.78 is 66.4. The van der Waals surface area contributed by atoms with Crippen LogP contribution in [0.4, 0.5) is 13.2 Å². The molecule has 5 nitrogen and oxygen atoms in total. The lowest BCUT2D eigenvalue weighted by Gasteiger charge is -2.46. The summed E-state index contributed by atoms with van der Waals surface area (Å²) in [6.07, 6.45) is -1.58. The second kappa shape index (κ2) is 9.82. The minimum atomic E-state index is -4.52. The monoisotopic (exact) mass is 522 g/mol. The third-order valence-electron chi connectivity index (χ3n) is 7.42. The molecule has 0 radical (unpaired) electrons. The van der Waals surface area contributed by atoms with Crippen molar-refractivity contribution in [1.82, 2.24) is 9.62 Å². The minimum Gasteiger partial charge on any atom is -0.334 e. The average Bonchev–Trinajstić information content (AvgIpc) is 2.82. The van der Waals surface area contributed by atoms with Gasteiger partial charge in [0.25, 0.3) is 0 Å². The molecule has 1 aliphatic carbocycles. The number of alkyl halides is 3. The van der Waals surface area contributed by atoms with Crippen LogP contribution in [0.3, 0.4) is 0 Å². The van der Waals surface area contributed by atoms with Gasteiger partial charge >= 0.3 is 6.18 Å². The third kappa shape index (κ3) is 5.78. The molecule has 1 atom stereocenters. The van der Waals surface area contributed by atoms with E-state index >= 15 is 0 Å². The van der Waals surface area contributed by atoms with Crippen molar-refractivity contribution in [2.45, 2.75) is 82.6 Å². The van der Waals surface area contributed by atoms with E-state index in [9.17, 15) is 26.4 Å². The zero-order valence-corrected chi connectivity index (χ0v) is 21.6. The zero-order chi connectivity index (χ0) is 26.3. The number of fused-ring (bicyclic) bond motifs is 1. The summed E-state index contributed by atoms with van der Waals surface area (Å²) in [4.78, 5) is 15.5. The van der Waals surface area contributed by atoms with Crippen molar-refractivity contribution in [2.24, 2.45) is 11.3 Å². The first-order valence-corrected chi connectivity index (χ1v) is 13.8. The molecule has 2 aromatic rings. The number of carbonyl (C=O) groups excluding carboxylic acids is 1. The highest BCUT2D eigenvalue weighted by atomic mass is 32.2. The van der Waals surface area contributed by atoms with Gasteiger partial charge in [-0.15, -0.1) is 0 Å². The molecule has 1 heterocycles. The maximum Gasteiger partial charge on any atom is 0.416 e. The molecule has 1 fully saturated rings. The van der Waals surface area contributed by atoms with Gasteiger partial charge in [0, 0.05) is 24.5 Å². The summed E-state index contributed by atoms with van der Waals surface area (Å²) in [5, 5.41) is 0. The van der Waals surface area contributed by atoms with Crippen molar-refractivity contribution in [1.29, 1.82) is 0 Å². The maximum absolute atomic E-state index is 13.6. The van der Waals surface area contributed by atoms with Gasteiger partial charge in [0.2, 0.25) is 15.9 Å². The van der Waals surface area contributed by atoms with Crippen LogP contribution in [-0.4, -0.2) is 31.3 Å². The molecule has 36 heavy (non-hydrogen) atoms. The van der Waals surface area contributed by atoms with Gasteiger partial charge in [-0.2, -0.15) is 13.2 Å². The summed E-state index contributed by atoms with van der Waals surface area (Å²) in [5.74, 6) is -0.0552. The Hall–Kier alpha value is -2.39. The fraction of sp³-hybridized carbons (Fsp3) is 0.519. The smallest absolute Gasteiger partial charge is 0.334 e. The van der Waals surface area contributed by atoms with Crippen LogP contribution >= 0.6 is 0 Å². The second-order valence-electron chi connectivity index (χ2n) is 11.0. The van der Waals surface area contributed by atoms with Gasteiger partial charge < -0.3 is 4.90 Å². The Balaban J connectivity index is 1.40. The van der Waals surface area contributed by atoms with Crippen LogP contribution in [0, 0.1) is 11.3 Å². The Morgan fingerprint density at radius 3 is 2.06 bits per heavy atom. The van der Waals surface area contributed by atoms with E-state index < -0.39 is 21.8 Å². The lowest BCUT2D eigenvalue weighted by molar-refractivity contribution is -0.143. The molecule has 2 aliphatic rings. The zero-order valence-electron chi connectivity index (χ0n) is 20.8. The molecule has 1 aliphatic heterocycles. The molecular formula is C27H33F3N2O3S. The maximum atomic E-state index is 13.6. The normalized spacial score (nSPS) is 23.3. The van der Waals surface area contributed by atoms with Crippen molar-refractivity contribution in [2.75, 3.05) is 0 Å². The van der Waals surface area contributed by atoms with Crippen molar-refractivity contribution < 1.29 is 26.4 Å². The number of amides is 1. The Kier molecular flexibility index (Phi) is 7.27. The highest BCUT2D eigenvalue weighted by molar-refractivity contribution is 7.89. The van der Waals surface area contributed by atoms with Crippen LogP contribution in [0.1, 0.15) is 63.1 Å². The van der Waals surface area contributed by atoms with Gasteiger partial charge in [-0.05, 0) is 72.9 Å². The number of benzene rings is 2. The molecule has 0 aromatic heterocycles.